The smallest absolute Gasteiger partial charge is 0.0485 e. The molecule has 0 saturated heterocycles. The van der Waals surface area contributed by atoms with Crippen LogP contribution in [0.15, 0.2) is 18.2 Å². The first-order valence-corrected chi connectivity index (χ1v) is 6.79. The van der Waals surface area contributed by atoms with Crippen molar-refractivity contribution in [1.82, 2.24) is 4.57 Å². The van der Waals surface area contributed by atoms with Crippen LogP contribution < -0.4 is 5.73 Å². The summed E-state index contributed by atoms with van der Waals surface area (Å²) in [4.78, 5) is 0. The molecule has 0 spiro atoms. The van der Waals surface area contributed by atoms with Crippen molar-refractivity contribution in [1.29, 1.82) is 0 Å². The lowest BCUT2D eigenvalue weighted by Gasteiger charge is -2.20. The Bertz CT molecular complexity index is 616. The lowest BCUT2D eigenvalue weighted by atomic mass is 9.89. The summed E-state index contributed by atoms with van der Waals surface area (Å²) in [6.07, 6.45) is 2.47. The summed E-state index contributed by atoms with van der Waals surface area (Å²) in [7, 11) is 2.15. The molecule has 1 aromatic heterocycles. The number of aromatic nitrogens is 1. The molecule has 2 N–H and O–H groups in total. The minimum Gasteiger partial charge on any atom is -0.348 e. The van der Waals surface area contributed by atoms with E-state index in [1.807, 2.05) is 0 Å². The molecule has 18 heavy (non-hydrogen) atoms. The highest BCUT2D eigenvalue weighted by Gasteiger charge is 2.47. The van der Waals surface area contributed by atoms with Gasteiger partial charge in [-0.2, -0.15) is 0 Å². The average molecular weight is 242 g/mol. The van der Waals surface area contributed by atoms with Crippen LogP contribution in [0.3, 0.4) is 0 Å². The first kappa shape index (κ1) is 11.8. The quantitative estimate of drug-likeness (QED) is 0.861. The van der Waals surface area contributed by atoms with Crippen molar-refractivity contribution in [2.24, 2.45) is 12.8 Å². The van der Waals surface area contributed by atoms with Crippen molar-refractivity contribution in [3.05, 3.63) is 35.0 Å². The summed E-state index contributed by atoms with van der Waals surface area (Å²) in [5.74, 6) is 0. The third kappa shape index (κ3) is 1.39. The second-order valence-electron chi connectivity index (χ2n) is 5.95. The Morgan fingerprint density at radius 3 is 2.50 bits per heavy atom. The van der Waals surface area contributed by atoms with Crippen LogP contribution in [-0.4, -0.2) is 10.6 Å². The van der Waals surface area contributed by atoms with Gasteiger partial charge in [-0.25, -0.2) is 0 Å². The van der Waals surface area contributed by atoms with Crippen molar-refractivity contribution >= 4 is 10.9 Å². The van der Waals surface area contributed by atoms with E-state index >= 15 is 0 Å². The van der Waals surface area contributed by atoms with Crippen molar-refractivity contribution in [3.8, 4) is 0 Å². The number of nitrogens with zero attached hydrogens (tertiary/aromatic N) is 1. The molecule has 2 aromatic rings. The largest absolute Gasteiger partial charge is 0.348 e. The van der Waals surface area contributed by atoms with Crippen LogP contribution in [0.2, 0.25) is 0 Å². The van der Waals surface area contributed by atoms with Gasteiger partial charge < -0.3 is 10.3 Å². The van der Waals surface area contributed by atoms with E-state index in [1.165, 1.54) is 40.6 Å². The molecule has 1 aliphatic carbocycles. The van der Waals surface area contributed by atoms with Crippen LogP contribution in [0.25, 0.3) is 10.9 Å². The number of fused-ring (bicyclic) bond motifs is 1. The van der Waals surface area contributed by atoms with Gasteiger partial charge in [-0.05, 0) is 50.8 Å². The molecule has 1 atom stereocenters. The molecule has 3 rings (SSSR count). The van der Waals surface area contributed by atoms with Gasteiger partial charge in [-0.1, -0.05) is 12.1 Å². The van der Waals surface area contributed by atoms with Crippen LogP contribution in [0, 0.1) is 13.8 Å². The maximum atomic E-state index is 6.18. The fourth-order valence-corrected chi connectivity index (χ4v) is 3.20. The average Bonchev–Trinajstić information content (AvgIpc) is 3.13. The molecule has 1 heterocycles. The Morgan fingerprint density at radius 2 is 1.94 bits per heavy atom. The zero-order valence-corrected chi connectivity index (χ0v) is 11.7. The van der Waals surface area contributed by atoms with E-state index in [2.05, 4.69) is 50.6 Å². The Balaban J connectivity index is 2.21. The lowest BCUT2D eigenvalue weighted by molar-refractivity contribution is 0.557. The zero-order chi connectivity index (χ0) is 13.1. The topological polar surface area (TPSA) is 30.9 Å². The van der Waals surface area contributed by atoms with Crippen LogP contribution in [0.1, 0.15) is 36.6 Å². The Hall–Kier alpha value is -1.28. The number of rotatable bonds is 2. The third-order valence-corrected chi connectivity index (χ3v) is 5.04. The predicted octanol–water partition coefficient (Wildman–Crippen LogP) is 3.17. The summed E-state index contributed by atoms with van der Waals surface area (Å²) in [5.41, 5.74) is 11.9. The molecule has 0 radical (unpaired) electrons. The van der Waals surface area contributed by atoms with Gasteiger partial charge in [0, 0.05) is 35.1 Å². The molecule has 1 fully saturated rings. The number of hydrogen-bond donors (Lipinski definition) is 1. The van der Waals surface area contributed by atoms with Crippen molar-refractivity contribution in [3.63, 3.8) is 0 Å². The first-order chi connectivity index (χ1) is 8.47. The van der Waals surface area contributed by atoms with Gasteiger partial charge in [-0.15, -0.1) is 0 Å². The molecular formula is C16H22N2. The van der Waals surface area contributed by atoms with Gasteiger partial charge in [0.2, 0.25) is 0 Å². The Labute approximate surface area is 109 Å². The highest BCUT2D eigenvalue weighted by molar-refractivity contribution is 5.86. The highest BCUT2D eigenvalue weighted by atomic mass is 14.9. The SMILES string of the molecule is Cc1c(C)n(C)c2cc(C3(C(C)N)CC3)ccc12. The second-order valence-corrected chi connectivity index (χ2v) is 5.95. The second kappa shape index (κ2) is 3.61. The van der Waals surface area contributed by atoms with E-state index in [4.69, 9.17) is 5.73 Å². The maximum Gasteiger partial charge on any atom is 0.0485 e. The third-order valence-electron chi connectivity index (χ3n) is 5.04. The molecule has 0 bridgehead atoms. The molecular weight excluding hydrogens is 220 g/mol. The number of aryl methyl sites for hydroxylation is 2. The van der Waals surface area contributed by atoms with Gasteiger partial charge in [0.1, 0.15) is 0 Å². The van der Waals surface area contributed by atoms with Crippen LogP contribution in [0.5, 0.6) is 0 Å². The number of nitrogens with two attached hydrogens (primary N) is 1. The zero-order valence-electron chi connectivity index (χ0n) is 11.7. The van der Waals surface area contributed by atoms with Gasteiger partial charge in [0.15, 0.2) is 0 Å². The molecule has 2 nitrogen and oxygen atoms in total. The Morgan fingerprint density at radius 1 is 1.28 bits per heavy atom. The fourth-order valence-electron chi connectivity index (χ4n) is 3.20. The van der Waals surface area contributed by atoms with Crippen LogP contribution in [0.4, 0.5) is 0 Å². The summed E-state index contributed by atoms with van der Waals surface area (Å²) in [6.45, 7) is 6.53. The molecule has 96 valence electrons. The maximum absolute atomic E-state index is 6.18. The molecule has 1 saturated carbocycles. The van der Waals surface area contributed by atoms with E-state index in [0.29, 0.717) is 0 Å². The molecule has 0 aliphatic heterocycles. The van der Waals surface area contributed by atoms with Crippen LogP contribution in [-0.2, 0) is 12.5 Å². The lowest BCUT2D eigenvalue weighted by Crippen LogP contribution is -2.31. The van der Waals surface area contributed by atoms with Crippen molar-refractivity contribution in [2.75, 3.05) is 0 Å². The van der Waals surface area contributed by atoms with E-state index < -0.39 is 0 Å². The van der Waals surface area contributed by atoms with Crippen LogP contribution >= 0.6 is 0 Å². The van der Waals surface area contributed by atoms with E-state index in [1.54, 1.807) is 0 Å². The normalized spacial score (nSPS) is 19.2. The summed E-state index contributed by atoms with van der Waals surface area (Å²) in [5, 5.41) is 1.37. The summed E-state index contributed by atoms with van der Waals surface area (Å²) >= 11 is 0. The van der Waals surface area contributed by atoms with Gasteiger partial charge in [-0.3, -0.25) is 0 Å². The molecule has 1 aliphatic rings. The molecule has 1 aromatic carbocycles. The van der Waals surface area contributed by atoms with E-state index in [0.717, 1.165) is 0 Å². The van der Waals surface area contributed by atoms with Gasteiger partial charge in [0.25, 0.3) is 0 Å². The van der Waals surface area contributed by atoms with Crippen molar-refractivity contribution < 1.29 is 0 Å². The molecule has 1 unspecified atom stereocenters. The first-order valence-electron chi connectivity index (χ1n) is 6.79. The predicted molar refractivity (Wildman–Crippen MR) is 77.0 cm³/mol. The monoisotopic (exact) mass is 242 g/mol. The van der Waals surface area contributed by atoms with E-state index in [-0.39, 0.29) is 11.5 Å². The minimum absolute atomic E-state index is 0.248. The van der Waals surface area contributed by atoms with Gasteiger partial charge in [0.05, 0.1) is 0 Å². The van der Waals surface area contributed by atoms with E-state index in [9.17, 15) is 0 Å². The Kier molecular flexibility index (Phi) is 2.36. The summed E-state index contributed by atoms with van der Waals surface area (Å²) < 4.78 is 2.30. The standard InChI is InChI=1S/C16H22N2/c1-10-11(2)18(4)15-9-13(5-6-14(10)15)16(7-8-16)12(3)17/h5-6,9,12H,7-8,17H2,1-4H3. The number of benzene rings is 1. The molecule has 2 heteroatoms. The highest BCUT2D eigenvalue weighted by Crippen LogP contribution is 2.50. The molecule has 0 amide bonds. The van der Waals surface area contributed by atoms with Gasteiger partial charge >= 0.3 is 0 Å². The van der Waals surface area contributed by atoms with Crippen molar-refractivity contribution in [2.45, 2.75) is 45.1 Å². The summed E-state index contributed by atoms with van der Waals surface area (Å²) in [6, 6.07) is 7.16. The number of hydrogen-bond acceptors (Lipinski definition) is 1. The fraction of sp³-hybridized carbons (Fsp3) is 0.500. The minimum atomic E-state index is 0.248.